The number of carbonyl (C=O) groups excluding carboxylic acids is 3. The zero-order chi connectivity index (χ0) is 24.5. The number of aromatic nitrogens is 1. The number of carbonyl (C=O) groups is 3. The van der Waals surface area contributed by atoms with Crippen molar-refractivity contribution in [3.05, 3.63) is 61.7 Å². The SMILES string of the molecule is C=CCOC(=O)OC(=S)C(C(=O)N(C(=O)OCC=C)c1ccc2ccccc2n1)C1CCNC1. The lowest BCUT2D eigenvalue weighted by Crippen LogP contribution is -2.47. The summed E-state index contributed by atoms with van der Waals surface area (Å²) in [6.45, 7) is 7.90. The summed E-state index contributed by atoms with van der Waals surface area (Å²) >= 11 is 5.32. The van der Waals surface area contributed by atoms with E-state index in [1.807, 2.05) is 12.1 Å². The molecular weight excluding hydrogens is 458 g/mol. The number of benzene rings is 1. The maximum atomic E-state index is 13.8. The summed E-state index contributed by atoms with van der Waals surface area (Å²) in [4.78, 5) is 44.1. The molecule has 2 heterocycles. The molecule has 0 radical (unpaired) electrons. The molecule has 1 aliphatic rings. The monoisotopic (exact) mass is 483 g/mol. The summed E-state index contributed by atoms with van der Waals surface area (Å²) in [5.74, 6) is -2.08. The number of nitrogens with zero attached hydrogens (tertiary/aromatic N) is 2. The Labute approximate surface area is 202 Å². The molecule has 0 spiro atoms. The topological polar surface area (TPSA) is 107 Å². The lowest BCUT2D eigenvalue weighted by atomic mass is 9.90. The summed E-state index contributed by atoms with van der Waals surface area (Å²) in [5, 5.41) is 3.69. The van der Waals surface area contributed by atoms with Gasteiger partial charge in [0, 0.05) is 5.39 Å². The van der Waals surface area contributed by atoms with Gasteiger partial charge in [-0.2, -0.15) is 4.90 Å². The second kappa shape index (κ2) is 12.0. The van der Waals surface area contributed by atoms with Gasteiger partial charge in [0.2, 0.25) is 5.91 Å². The zero-order valence-corrected chi connectivity index (χ0v) is 19.3. The van der Waals surface area contributed by atoms with Gasteiger partial charge in [0.25, 0.3) is 0 Å². The molecule has 3 rings (SSSR count). The van der Waals surface area contributed by atoms with Crippen LogP contribution >= 0.6 is 12.2 Å². The Kier molecular flexibility index (Phi) is 8.83. The van der Waals surface area contributed by atoms with Crippen LogP contribution in [0.1, 0.15) is 6.42 Å². The van der Waals surface area contributed by atoms with Crippen molar-refractivity contribution in [3.63, 3.8) is 0 Å². The number of ether oxygens (including phenoxy) is 3. The second-order valence-electron chi connectivity index (χ2n) is 7.40. The number of rotatable bonds is 8. The molecule has 1 aromatic carbocycles. The van der Waals surface area contributed by atoms with Crippen molar-refractivity contribution < 1.29 is 28.6 Å². The highest BCUT2D eigenvalue weighted by molar-refractivity contribution is 7.80. The van der Waals surface area contributed by atoms with Gasteiger partial charge < -0.3 is 19.5 Å². The molecule has 1 aliphatic heterocycles. The first-order valence-corrected chi connectivity index (χ1v) is 11.0. The fraction of sp³-hybridized carbons (Fsp3) is 0.292. The molecule has 9 nitrogen and oxygen atoms in total. The van der Waals surface area contributed by atoms with Crippen LogP contribution in [0.3, 0.4) is 0 Å². The van der Waals surface area contributed by atoms with Gasteiger partial charge in [-0.1, -0.05) is 43.5 Å². The lowest BCUT2D eigenvalue weighted by Gasteiger charge is -2.27. The minimum atomic E-state index is -1.11. The number of amides is 2. The van der Waals surface area contributed by atoms with Gasteiger partial charge >= 0.3 is 12.2 Å². The number of pyridine rings is 1. The van der Waals surface area contributed by atoms with E-state index in [0.29, 0.717) is 25.0 Å². The molecule has 1 saturated heterocycles. The first-order valence-electron chi connectivity index (χ1n) is 10.6. The summed E-state index contributed by atoms with van der Waals surface area (Å²) in [5.41, 5.74) is 0.584. The number of hydrogen-bond acceptors (Lipinski definition) is 9. The molecule has 2 aromatic rings. The molecule has 2 unspecified atom stereocenters. The minimum Gasteiger partial charge on any atom is -0.445 e. The van der Waals surface area contributed by atoms with Crippen molar-refractivity contribution >= 4 is 52.1 Å². The lowest BCUT2D eigenvalue weighted by molar-refractivity contribution is -0.121. The van der Waals surface area contributed by atoms with E-state index in [1.54, 1.807) is 24.3 Å². The maximum absolute atomic E-state index is 13.8. The van der Waals surface area contributed by atoms with Crippen molar-refractivity contribution in [2.45, 2.75) is 6.42 Å². The van der Waals surface area contributed by atoms with E-state index in [0.717, 1.165) is 10.3 Å². The third kappa shape index (κ3) is 6.03. The second-order valence-corrected chi connectivity index (χ2v) is 7.81. The highest BCUT2D eigenvalue weighted by Crippen LogP contribution is 2.28. The number of nitrogens with one attached hydrogen (secondary N) is 1. The normalized spacial score (nSPS) is 15.7. The molecular formula is C24H25N3O6S. The van der Waals surface area contributed by atoms with Crippen molar-refractivity contribution in [2.75, 3.05) is 31.2 Å². The number of imide groups is 1. The highest BCUT2D eigenvalue weighted by atomic mass is 32.1. The van der Waals surface area contributed by atoms with Gasteiger partial charge in [-0.05, 0) is 55.8 Å². The Morgan fingerprint density at radius 1 is 1.15 bits per heavy atom. The van der Waals surface area contributed by atoms with Gasteiger partial charge in [-0.3, -0.25) is 4.79 Å². The third-order valence-electron chi connectivity index (χ3n) is 5.13. The summed E-state index contributed by atoms with van der Waals surface area (Å²) in [6.07, 6.45) is 1.34. The summed E-state index contributed by atoms with van der Waals surface area (Å²) in [6, 6.07) is 10.6. The molecule has 1 N–H and O–H groups in total. The van der Waals surface area contributed by atoms with E-state index in [1.165, 1.54) is 12.2 Å². The smallest absolute Gasteiger partial charge is 0.445 e. The standard InChI is InChI=1S/C24H25N3O6S/c1-3-13-31-23(29)27(19-10-9-16-7-5-6-8-18(16)26-19)21(28)20(17-11-12-25-15-17)22(34)33-24(30)32-14-4-2/h3-10,17,20,25H,1-2,11-15H2. The van der Waals surface area contributed by atoms with E-state index >= 15 is 0 Å². The number of para-hydroxylation sites is 1. The van der Waals surface area contributed by atoms with Crippen molar-refractivity contribution in [3.8, 4) is 0 Å². The molecule has 0 aliphatic carbocycles. The number of fused-ring (bicyclic) bond motifs is 1. The first kappa shape index (κ1) is 25.0. The van der Waals surface area contributed by atoms with E-state index < -0.39 is 24.1 Å². The van der Waals surface area contributed by atoms with Crippen LogP contribution in [0, 0.1) is 11.8 Å². The summed E-state index contributed by atoms with van der Waals surface area (Å²) < 4.78 is 15.1. The molecule has 1 aromatic heterocycles. The number of hydrogen-bond donors (Lipinski definition) is 1. The molecule has 1 fully saturated rings. The van der Waals surface area contributed by atoms with Crippen molar-refractivity contribution in [2.24, 2.45) is 11.8 Å². The summed E-state index contributed by atoms with van der Waals surface area (Å²) in [7, 11) is 0. The fourth-order valence-electron chi connectivity index (χ4n) is 3.57. The highest BCUT2D eigenvalue weighted by Gasteiger charge is 2.42. The average molecular weight is 484 g/mol. The van der Waals surface area contributed by atoms with Gasteiger partial charge in [0.05, 0.1) is 5.52 Å². The Morgan fingerprint density at radius 3 is 2.59 bits per heavy atom. The molecule has 0 saturated carbocycles. The van der Waals surface area contributed by atoms with E-state index in [9.17, 15) is 14.4 Å². The van der Waals surface area contributed by atoms with E-state index in [-0.39, 0.29) is 30.0 Å². The van der Waals surface area contributed by atoms with Crippen LogP contribution in [0.15, 0.2) is 61.7 Å². The average Bonchev–Trinajstić information content (AvgIpc) is 3.35. The predicted molar refractivity (Wildman–Crippen MR) is 130 cm³/mol. The van der Waals surface area contributed by atoms with Crippen LogP contribution in [-0.2, 0) is 19.0 Å². The van der Waals surface area contributed by atoms with Gasteiger partial charge in [-0.15, -0.1) is 0 Å². The Morgan fingerprint density at radius 2 is 1.88 bits per heavy atom. The molecule has 10 heteroatoms. The Hall–Kier alpha value is -3.63. The van der Waals surface area contributed by atoms with Crippen molar-refractivity contribution in [1.82, 2.24) is 10.3 Å². The van der Waals surface area contributed by atoms with Crippen LogP contribution in [0.25, 0.3) is 10.9 Å². The van der Waals surface area contributed by atoms with E-state index in [2.05, 4.69) is 23.5 Å². The Balaban J connectivity index is 1.97. The fourth-order valence-corrected chi connectivity index (χ4v) is 3.93. The minimum absolute atomic E-state index is 0.0609. The van der Waals surface area contributed by atoms with Crippen LogP contribution in [0.5, 0.6) is 0 Å². The molecule has 178 valence electrons. The van der Waals surface area contributed by atoms with Gasteiger partial charge in [0.1, 0.15) is 24.9 Å². The van der Waals surface area contributed by atoms with Crippen LogP contribution in [0.2, 0.25) is 0 Å². The Bertz CT molecular complexity index is 1100. The van der Waals surface area contributed by atoms with Crippen molar-refractivity contribution in [1.29, 1.82) is 0 Å². The maximum Gasteiger partial charge on any atom is 0.514 e. The van der Waals surface area contributed by atoms with Gasteiger partial charge in [0.15, 0.2) is 5.05 Å². The molecule has 34 heavy (non-hydrogen) atoms. The molecule has 2 atom stereocenters. The van der Waals surface area contributed by atoms with Gasteiger partial charge in [-0.25, -0.2) is 14.6 Å². The van der Waals surface area contributed by atoms with Crippen LogP contribution in [0.4, 0.5) is 15.4 Å². The molecule has 2 amide bonds. The van der Waals surface area contributed by atoms with Crippen LogP contribution in [-0.4, -0.2) is 54.5 Å². The van der Waals surface area contributed by atoms with E-state index in [4.69, 9.17) is 26.4 Å². The largest absolute Gasteiger partial charge is 0.514 e. The van der Waals surface area contributed by atoms with Crippen LogP contribution < -0.4 is 10.2 Å². The molecule has 0 bridgehead atoms. The third-order valence-corrected chi connectivity index (χ3v) is 5.47. The zero-order valence-electron chi connectivity index (χ0n) is 18.5. The number of thiocarbonyl (C=S) groups is 1. The number of anilines is 1. The quantitative estimate of drug-likeness (QED) is 0.341. The predicted octanol–water partition coefficient (Wildman–Crippen LogP) is 3.78. The first-order chi connectivity index (χ1) is 16.5.